The van der Waals surface area contributed by atoms with E-state index in [4.69, 9.17) is 4.74 Å². The molecule has 200 valence electrons. The van der Waals surface area contributed by atoms with Gasteiger partial charge in [0.2, 0.25) is 5.43 Å². The highest BCUT2D eigenvalue weighted by molar-refractivity contribution is 5.99. The minimum Gasteiger partial charge on any atom is -0.502 e. The first-order valence-corrected chi connectivity index (χ1v) is 11.3. The summed E-state index contributed by atoms with van der Waals surface area (Å²) in [7, 11) is 1.39. The number of carbonyl (C=O) groups excluding carboxylic acids is 2. The molecule has 0 saturated carbocycles. The van der Waals surface area contributed by atoms with Crippen LogP contribution in [0.2, 0.25) is 0 Å². The van der Waals surface area contributed by atoms with Gasteiger partial charge in [-0.15, -0.1) is 0 Å². The molecule has 2 N–H and O–H groups in total. The molecule has 1 aromatic carbocycles. The number of pyridine rings is 1. The fourth-order valence-electron chi connectivity index (χ4n) is 4.55. The van der Waals surface area contributed by atoms with Crippen molar-refractivity contribution in [3.05, 3.63) is 63.1 Å². The SMILES string of the molecule is CN1C(=O)c2c(O)c(=O)c(C(=O)NCc3ccc(F)cc3F)cn2N(CCCC(F)(F)F)C12CCOC2. The van der Waals surface area contributed by atoms with E-state index < -0.39 is 70.7 Å². The highest BCUT2D eigenvalue weighted by Crippen LogP contribution is 2.36. The van der Waals surface area contributed by atoms with Gasteiger partial charge in [0, 0.05) is 50.8 Å². The van der Waals surface area contributed by atoms with E-state index in [-0.39, 0.29) is 38.2 Å². The Morgan fingerprint density at radius 2 is 1.97 bits per heavy atom. The number of amides is 2. The van der Waals surface area contributed by atoms with E-state index in [2.05, 4.69) is 5.32 Å². The van der Waals surface area contributed by atoms with Crippen molar-refractivity contribution < 1.29 is 41.4 Å². The normalized spacial score (nSPS) is 19.5. The van der Waals surface area contributed by atoms with Gasteiger partial charge in [-0.1, -0.05) is 6.07 Å². The van der Waals surface area contributed by atoms with E-state index >= 15 is 0 Å². The summed E-state index contributed by atoms with van der Waals surface area (Å²) < 4.78 is 72.2. The number of ether oxygens (including phenoxy) is 1. The minimum absolute atomic E-state index is 0.0566. The van der Waals surface area contributed by atoms with E-state index in [0.29, 0.717) is 6.07 Å². The lowest BCUT2D eigenvalue weighted by atomic mass is 10.0. The van der Waals surface area contributed by atoms with Crippen LogP contribution < -0.4 is 15.8 Å². The highest BCUT2D eigenvalue weighted by Gasteiger charge is 2.52. The summed E-state index contributed by atoms with van der Waals surface area (Å²) in [6.07, 6.45) is -4.77. The van der Waals surface area contributed by atoms with Gasteiger partial charge in [0.1, 0.15) is 17.2 Å². The van der Waals surface area contributed by atoms with Crippen LogP contribution in [0.25, 0.3) is 0 Å². The quantitative estimate of drug-likeness (QED) is 0.556. The Balaban J connectivity index is 1.73. The lowest BCUT2D eigenvalue weighted by Gasteiger charge is -2.52. The molecule has 1 fully saturated rings. The van der Waals surface area contributed by atoms with Crippen molar-refractivity contribution in [3.8, 4) is 5.75 Å². The molecule has 37 heavy (non-hydrogen) atoms. The van der Waals surface area contributed by atoms with Gasteiger partial charge in [-0.25, -0.2) is 8.78 Å². The number of nitrogens with one attached hydrogen (secondary N) is 1. The van der Waals surface area contributed by atoms with Crippen LogP contribution >= 0.6 is 0 Å². The summed E-state index contributed by atoms with van der Waals surface area (Å²) in [5, 5.41) is 14.3. The summed E-state index contributed by atoms with van der Waals surface area (Å²) in [6, 6.07) is 2.70. The molecule has 1 unspecified atom stereocenters. The molecule has 2 amide bonds. The molecule has 1 saturated heterocycles. The maximum absolute atomic E-state index is 13.9. The van der Waals surface area contributed by atoms with Crippen molar-refractivity contribution in [2.24, 2.45) is 0 Å². The minimum atomic E-state index is -4.44. The Morgan fingerprint density at radius 1 is 1.24 bits per heavy atom. The van der Waals surface area contributed by atoms with Crippen LogP contribution in [0.15, 0.2) is 29.2 Å². The van der Waals surface area contributed by atoms with E-state index in [1.807, 2.05) is 0 Å². The molecule has 0 bridgehead atoms. The number of carbonyl (C=O) groups is 2. The molecular weight excluding hydrogens is 507 g/mol. The summed E-state index contributed by atoms with van der Waals surface area (Å²) in [5.41, 5.74) is -3.64. The molecule has 2 aromatic rings. The van der Waals surface area contributed by atoms with Crippen LogP contribution in [0.4, 0.5) is 22.0 Å². The van der Waals surface area contributed by atoms with Crippen molar-refractivity contribution in [1.29, 1.82) is 0 Å². The molecule has 1 aromatic heterocycles. The van der Waals surface area contributed by atoms with Gasteiger partial charge >= 0.3 is 6.18 Å². The molecule has 1 atom stereocenters. The predicted octanol–water partition coefficient (Wildman–Crippen LogP) is 2.24. The standard InChI is InChI=1S/C23H23F5N4O5/c1-30-21(36)17-19(34)18(33)15(20(35)29-10-13-3-4-14(24)9-16(13)25)11-31(17)32(7-2-5-23(26,27)28)22(30)6-8-37-12-22/h3-4,9,11,34H,2,5-8,10,12H2,1H3,(H,29,35). The molecule has 4 rings (SSSR count). The van der Waals surface area contributed by atoms with Gasteiger partial charge in [-0.05, 0) is 12.5 Å². The molecule has 0 radical (unpaired) electrons. The molecule has 3 heterocycles. The molecule has 9 nitrogen and oxygen atoms in total. The molecule has 2 aliphatic heterocycles. The maximum Gasteiger partial charge on any atom is 0.389 e. The Labute approximate surface area is 207 Å². The first-order chi connectivity index (χ1) is 17.4. The number of alkyl halides is 3. The van der Waals surface area contributed by atoms with E-state index in [0.717, 1.165) is 23.0 Å². The summed E-state index contributed by atoms with van der Waals surface area (Å²) in [5.74, 6) is -4.65. The second-order valence-electron chi connectivity index (χ2n) is 8.82. The Bertz CT molecular complexity index is 1290. The number of aromatic nitrogens is 1. The van der Waals surface area contributed by atoms with Gasteiger partial charge in [-0.2, -0.15) is 13.2 Å². The topological polar surface area (TPSA) is 104 Å². The predicted molar refractivity (Wildman–Crippen MR) is 119 cm³/mol. The van der Waals surface area contributed by atoms with Gasteiger partial charge in [-0.3, -0.25) is 24.1 Å². The van der Waals surface area contributed by atoms with Gasteiger partial charge in [0.15, 0.2) is 17.1 Å². The number of hydrogen-bond donors (Lipinski definition) is 2. The van der Waals surface area contributed by atoms with Crippen molar-refractivity contribution >= 4 is 11.8 Å². The number of fused-ring (bicyclic) bond motifs is 1. The average molecular weight is 530 g/mol. The Hall–Kier alpha value is -3.68. The first-order valence-electron chi connectivity index (χ1n) is 11.3. The number of aromatic hydroxyl groups is 1. The summed E-state index contributed by atoms with van der Waals surface area (Å²) >= 11 is 0. The zero-order chi connectivity index (χ0) is 27.1. The van der Waals surface area contributed by atoms with Crippen molar-refractivity contribution in [2.75, 3.05) is 31.8 Å². The van der Waals surface area contributed by atoms with E-state index in [1.54, 1.807) is 0 Å². The highest BCUT2D eigenvalue weighted by atomic mass is 19.4. The van der Waals surface area contributed by atoms with Gasteiger partial charge in [0.25, 0.3) is 11.8 Å². The zero-order valence-corrected chi connectivity index (χ0v) is 19.6. The number of nitrogens with zero attached hydrogens (tertiary/aromatic N) is 3. The molecule has 2 aliphatic rings. The zero-order valence-electron chi connectivity index (χ0n) is 19.6. The van der Waals surface area contributed by atoms with Crippen molar-refractivity contribution in [3.63, 3.8) is 0 Å². The van der Waals surface area contributed by atoms with Crippen LogP contribution in [0.5, 0.6) is 5.75 Å². The summed E-state index contributed by atoms with van der Waals surface area (Å²) in [4.78, 5) is 40.0. The molecule has 1 spiro atoms. The number of benzene rings is 1. The number of likely N-dealkylation sites (N-methyl/N-ethyl adjacent to an activating group) is 1. The molecule has 0 aliphatic carbocycles. The third-order valence-electron chi connectivity index (χ3n) is 6.55. The van der Waals surface area contributed by atoms with Crippen LogP contribution in [0, 0.1) is 11.6 Å². The Kier molecular flexibility index (Phi) is 6.88. The largest absolute Gasteiger partial charge is 0.502 e. The van der Waals surface area contributed by atoms with Crippen LogP contribution in [0.1, 0.15) is 45.7 Å². The second kappa shape index (κ2) is 9.65. The number of rotatable bonds is 6. The third-order valence-corrected chi connectivity index (χ3v) is 6.55. The second-order valence-corrected chi connectivity index (χ2v) is 8.82. The monoisotopic (exact) mass is 530 g/mol. The fraction of sp³-hybridized carbons (Fsp3) is 0.435. The summed E-state index contributed by atoms with van der Waals surface area (Å²) in [6.45, 7) is -0.538. The number of halogens is 5. The first kappa shape index (κ1) is 26.4. The van der Waals surface area contributed by atoms with Crippen molar-refractivity contribution in [1.82, 2.24) is 14.9 Å². The fourth-order valence-corrected chi connectivity index (χ4v) is 4.55. The van der Waals surface area contributed by atoms with Gasteiger partial charge in [0.05, 0.1) is 13.2 Å². The maximum atomic E-state index is 13.9. The molecular formula is C23H23F5N4O5. The van der Waals surface area contributed by atoms with Crippen molar-refractivity contribution in [2.45, 2.75) is 37.6 Å². The molecule has 14 heteroatoms. The Morgan fingerprint density at radius 3 is 2.59 bits per heavy atom. The van der Waals surface area contributed by atoms with Crippen LogP contribution in [0.3, 0.4) is 0 Å². The average Bonchev–Trinajstić information content (AvgIpc) is 3.31. The van der Waals surface area contributed by atoms with E-state index in [9.17, 15) is 41.4 Å². The van der Waals surface area contributed by atoms with E-state index in [1.165, 1.54) is 17.0 Å². The van der Waals surface area contributed by atoms with Gasteiger partial charge < -0.3 is 20.1 Å². The smallest absolute Gasteiger partial charge is 0.389 e. The third kappa shape index (κ3) is 4.84. The lowest BCUT2D eigenvalue weighted by Crippen LogP contribution is -2.70. The van der Waals surface area contributed by atoms with Crippen LogP contribution in [-0.2, 0) is 11.3 Å². The lowest BCUT2D eigenvalue weighted by molar-refractivity contribution is -0.135. The number of hydrogen-bond acceptors (Lipinski definition) is 6. The van der Waals surface area contributed by atoms with Crippen LogP contribution in [-0.4, -0.2) is 65.1 Å².